The van der Waals surface area contributed by atoms with Crippen molar-refractivity contribution in [3.63, 3.8) is 0 Å². The van der Waals surface area contributed by atoms with Crippen LogP contribution >= 0.6 is 0 Å². The number of amides is 1. The Morgan fingerprint density at radius 3 is 2.23 bits per heavy atom. The molecular weight excluding hydrogens is 182 g/mol. The Bertz CT molecular complexity index is 225. The van der Waals surface area contributed by atoms with Crippen LogP contribution in [0.5, 0.6) is 0 Å². The van der Waals surface area contributed by atoms with Gasteiger partial charge in [-0.2, -0.15) is 0 Å². The number of nitrogens with one attached hydrogen (secondary N) is 1. The van der Waals surface area contributed by atoms with Crippen LogP contribution in [0.4, 0.5) is 4.79 Å². The molecule has 0 heterocycles. The largest absolute Gasteiger partial charge is 0.479 e. The predicted molar refractivity (Wildman–Crippen MR) is 39.2 cm³/mol. The topological polar surface area (TPSA) is 113 Å². The van der Waals surface area contributed by atoms with Gasteiger partial charge in [0.1, 0.15) is 0 Å². The number of carbonyl (C=O) groups excluding carboxylic acids is 1. The summed E-state index contributed by atoms with van der Waals surface area (Å²) in [6, 6.07) is -1.86. The van der Waals surface area contributed by atoms with E-state index in [1.165, 1.54) is 12.2 Å². The van der Waals surface area contributed by atoms with Crippen molar-refractivity contribution in [3.05, 3.63) is 0 Å². The molecule has 0 saturated heterocycles. The van der Waals surface area contributed by atoms with Crippen molar-refractivity contribution in [1.29, 1.82) is 0 Å². The highest BCUT2D eigenvalue weighted by Crippen LogP contribution is 1.89. The Morgan fingerprint density at radius 1 is 1.38 bits per heavy atom. The molecule has 0 bridgehead atoms. The second kappa shape index (κ2) is 4.96. The summed E-state index contributed by atoms with van der Waals surface area (Å²) in [5.74, 6) is -2.72. The molecule has 13 heavy (non-hydrogen) atoms. The quantitative estimate of drug-likeness (QED) is 0.399. The standard InChI is InChI=1S/C6H9NO6/c1-2-13-5(10)3(4(8)9)7-6(11)12/h3,7H,2H2,1H3,(H,8,9)(H,11,12). The molecule has 7 nitrogen and oxygen atoms in total. The van der Waals surface area contributed by atoms with Gasteiger partial charge in [0.2, 0.25) is 6.04 Å². The number of carbonyl (C=O) groups is 3. The Labute approximate surface area is 73.3 Å². The second-order valence-corrected chi connectivity index (χ2v) is 1.97. The van der Waals surface area contributed by atoms with Crippen LogP contribution < -0.4 is 5.32 Å². The van der Waals surface area contributed by atoms with E-state index in [0.29, 0.717) is 0 Å². The summed E-state index contributed by atoms with van der Waals surface area (Å²) in [4.78, 5) is 31.2. The first-order valence-corrected chi connectivity index (χ1v) is 3.38. The van der Waals surface area contributed by atoms with Crippen LogP contribution in [0, 0.1) is 0 Å². The van der Waals surface area contributed by atoms with Gasteiger partial charge in [0.05, 0.1) is 6.61 Å². The van der Waals surface area contributed by atoms with E-state index in [1.807, 2.05) is 0 Å². The maximum Gasteiger partial charge on any atom is 0.405 e. The lowest BCUT2D eigenvalue weighted by molar-refractivity contribution is -0.154. The maximum atomic E-state index is 10.8. The van der Waals surface area contributed by atoms with Crippen LogP contribution in [0.3, 0.4) is 0 Å². The highest BCUT2D eigenvalue weighted by Gasteiger charge is 2.29. The van der Waals surface area contributed by atoms with E-state index in [9.17, 15) is 14.4 Å². The molecule has 0 aliphatic rings. The van der Waals surface area contributed by atoms with E-state index in [-0.39, 0.29) is 6.61 Å². The van der Waals surface area contributed by atoms with Gasteiger partial charge in [-0.3, -0.25) is 5.32 Å². The van der Waals surface area contributed by atoms with Crippen LogP contribution in [0.1, 0.15) is 6.92 Å². The molecule has 0 fully saturated rings. The first kappa shape index (κ1) is 11.2. The third-order valence-corrected chi connectivity index (χ3v) is 1.04. The molecule has 7 heteroatoms. The van der Waals surface area contributed by atoms with Crippen molar-refractivity contribution in [2.45, 2.75) is 13.0 Å². The molecule has 0 radical (unpaired) electrons. The zero-order valence-corrected chi connectivity index (χ0v) is 6.81. The van der Waals surface area contributed by atoms with Crippen LogP contribution in [-0.4, -0.2) is 40.9 Å². The van der Waals surface area contributed by atoms with Gasteiger partial charge in [-0.05, 0) is 6.92 Å². The molecule has 1 atom stereocenters. The van der Waals surface area contributed by atoms with Crippen molar-refractivity contribution in [2.24, 2.45) is 0 Å². The Hall–Kier alpha value is -1.79. The van der Waals surface area contributed by atoms with Crippen LogP contribution in [0.2, 0.25) is 0 Å². The third-order valence-electron chi connectivity index (χ3n) is 1.04. The minimum absolute atomic E-state index is 0.0100. The van der Waals surface area contributed by atoms with E-state index in [0.717, 1.165) is 0 Å². The molecule has 0 saturated carbocycles. The zero-order valence-electron chi connectivity index (χ0n) is 6.81. The average Bonchev–Trinajstić information content (AvgIpc) is 1.99. The lowest BCUT2D eigenvalue weighted by Crippen LogP contribution is -2.46. The summed E-state index contributed by atoms with van der Waals surface area (Å²) >= 11 is 0. The van der Waals surface area contributed by atoms with E-state index < -0.39 is 24.1 Å². The molecule has 3 N–H and O–H groups in total. The number of esters is 1. The van der Waals surface area contributed by atoms with E-state index in [1.54, 1.807) is 0 Å². The molecule has 0 aromatic carbocycles. The molecule has 1 unspecified atom stereocenters. The van der Waals surface area contributed by atoms with Gasteiger partial charge in [-0.25, -0.2) is 14.4 Å². The molecule has 74 valence electrons. The number of hydrogen-bond acceptors (Lipinski definition) is 4. The van der Waals surface area contributed by atoms with Crippen molar-refractivity contribution < 1.29 is 29.3 Å². The lowest BCUT2D eigenvalue weighted by Gasteiger charge is -2.09. The Kier molecular flexibility index (Phi) is 4.28. The predicted octanol–water partition coefficient (Wildman–Crippen LogP) is -0.730. The van der Waals surface area contributed by atoms with E-state index in [2.05, 4.69) is 4.74 Å². The zero-order chi connectivity index (χ0) is 10.4. The molecule has 0 aliphatic heterocycles. The summed E-state index contributed by atoms with van der Waals surface area (Å²) in [6.45, 7) is 1.47. The minimum Gasteiger partial charge on any atom is -0.479 e. The minimum atomic E-state index is -1.86. The van der Waals surface area contributed by atoms with Crippen molar-refractivity contribution in [2.75, 3.05) is 6.61 Å². The van der Waals surface area contributed by atoms with Gasteiger partial charge in [-0.15, -0.1) is 0 Å². The van der Waals surface area contributed by atoms with Crippen molar-refractivity contribution in [3.8, 4) is 0 Å². The third kappa shape index (κ3) is 3.94. The molecule has 0 aromatic heterocycles. The molecule has 0 aliphatic carbocycles. The summed E-state index contributed by atoms with van der Waals surface area (Å²) in [5.41, 5.74) is 0. The first-order valence-electron chi connectivity index (χ1n) is 3.38. The molecule has 1 amide bonds. The fourth-order valence-corrected chi connectivity index (χ4v) is 0.571. The molecule has 0 rings (SSSR count). The van der Waals surface area contributed by atoms with Crippen molar-refractivity contribution in [1.82, 2.24) is 5.32 Å². The lowest BCUT2D eigenvalue weighted by atomic mass is 10.3. The average molecular weight is 191 g/mol. The number of rotatable bonds is 4. The maximum absolute atomic E-state index is 10.8. The highest BCUT2D eigenvalue weighted by molar-refractivity contribution is 6.00. The van der Waals surface area contributed by atoms with Crippen molar-refractivity contribution >= 4 is 18.0 Å². The van der Waals surface area contributed by atoms with Gasteiger partial charge in [0.15, 0.2) is 0 Å². The van der Waals surface area contributed by atoms with Gasteiger partial charge in [-0.1, -0.05) is 0 Å². The van der Waals surface area contributed by atoms with Crippen LogP contribution in [0.15, 0.2) is 0 Å². The number of hydrogen-bond donors (Lipinski definition) is 3. The smallest absolute Gasteiger partial charge is 0.405 e. The van der Waals surface area contributed by atoms with Crippen LogP contribution in [0.25, 0.3) is 0 Å². The highest BCUT2D eigenvalue weighted by atomic mass is 16.5. The van der Waals surface area contributed by atoms with E-state index >= 15 is 0 Å². The second-order valence-electron chi connectivity index (χ2n) is 1.97. The SMILES string of the molecule is CCOC(=O)C(NC(=O)O)C(=O)O. The summed E-state index contributed by atoms with van der Waals surface area (Å²) in [7, 11) is 0. The van der Waals surface area contributed by atoms with Crippen LogP contribution in [-0.2, 0) is 14.3 Å². The fourth-order valence-electron chi connectivity index (χ4n) is 0.571. The number of carboxylic acid groups (broad SMARTS) is 2. The fraction of sp³-hybridized carbons (Fsp3) is 0.500. The molecular formula is C6H9NO6. The van der Waals surface area contributed by atoms with Gasteiger partial charge in [0.25, 0.3) is 0 Å². The Balaban J connectivity index is 4.32. The number of ether oxygens (including phenoxy) is 1. The summed E-state index contributed by atoms with van der Waals surface area (Å²) in [5, 5.41) is 18.1. The van der Waals surface area contributed by atoms with E-state index in [4.69, 9.17) is 10.2 Å². The monoisotopic (exact) mass is 191 g/mol. The Morgan fingerprint density at radius 2 is 1.92 bits per heavy atom. The summed E-state index contributed by atoms with van der Waals surface area (Å²) < 4.78 is 4.32. The normalized spacial score (nSPS) is 11.5. The molecule has 0 spiro atoms. The van der Waals surface area contributed by atoms with Gasteiger partial charge >= 0.3 is 18.0 Å². The number of carboxylic acids is 1. The molecule has 0 aromatic rings. The first-order chi connectivity index (χ1) is 5.99. The van der Waals surface area contributed by atoms with Gasteiger partial charge in [0, 0.05) is 0 Å². The summed E-state index contributed by atoms with van der Waals surface area (Å²) in [6.07, 6.45) is -1.60. The number of aliphatic carboxylic acids is 1. The van der Waals surface area contributed by atoms with Gasteiger partial charge < -0.3 is 14.9 Å².